The maximum absolute atomic E-state index is 12.3. The van der Waals surface area contributed by atoms with Crippen molar-refractivity contribution in [2.75, 3.05) is 24.6 Å². The first-order valence-corrected chi connectivity index (χ1v) is 9.07. The van der Waals surface area contributed by atoms with Crippen LogP contribution in [0.4, 0.5) is 5.82 Å². The van der Waals surface area contributed by atoms with Crippen LogP contribution in [0.3, 0.4) is 0 Å². The highest BCUT2D eigenvalue weighted by atomic mass is 16.3. The molecule has 2 atom stereocenters. The number of aliphatic hydroxyl groups excluding tert-OH is 1. The van der Waals surface area contributed by atoms with E-state index < -0.39 is 0 Å². The van der Waals surface area contributed by atoms with Crippen molar-refractivity contribution in [2.45, 2.75) is 31.7 Å². The first-order chi connectivity index (χ1) is 13.1. The lowest BCUT2D eigenvalue weighted by Gasteiger charge is -2.17. The maximum Gasteiger partial charge on any atom is 0.224 e. The second-order valence-corrected chi connectivity index (χ2v) is 6.89. The Morgan fingerprint density at radius 1 is 1.33 bits per heavy atom. The van der Waals surface area contributed by atoms with Crippen LogP contribution in [0.2, 0.25) is 0 Å². The lowest BCUT2D eigenvalue weighted by molar-refractivity contribution is -0.121. The van der Waals surface area contributed by atoms with Crippen LogP contribution in [-0.2, 0) is 11.2 Å². The van der Waals surface area contributed by atoms with Crippen molar-refractivity contribution < 1.29 is 9.90 Å². The molecule has 0 aliphatic carbocycles. The first-order valence-electron chi connectivity index (χ1n) is 9.07. The Labute approximate surface area is 158 Å². The summed E-state index contributed by atoms with van der Waals surface area (Å²) >= 11 is 0. The monoisotopic (exact) mass is 365 g/mol. The number of aliphatic hydroxyl groups is 1. The molecule has 27 heavy (non-hydrogen) atoms. The zero-order chi connectivity index (χ0) is 19.2. The number of hydrogen-bond acceptors (Lipinski definition) is 6. The molecule has 140 valence electrons. The second-order valence-electron chi connectivity index (χ2n) is 6.89. The fourth-order valence-corrected chi connectivity index (χ4v) is 3.17. The van der Waals surface area contributed by atoms with Crippen LogP contribution < -0.4 is 10.2 Å². The van der Waals surface area contributed by atoms with Gasteiger partial charge in [-0.2, -0.15) is 5.26 Å². The lowest BCUT2D eigenvalue weighted by atomic mass is 10.00. The lowest BCUT2D eigenvalue weighted by Crippen LogP contribution is -2.38. The van der Waals surface area contributed by atoms with Gasteiger partial charge in [0.05, 0.1) is 6.42 Å². The number of nitrogens with one attached hydrogen (secondary N) is 1. The number of anilines is 1. The van der Waals surface area contributed by atoms with E-state index in [1.165, 1.54) is 0 Å². The van der Waals surface area contributed by atoms with E-state index in [1.807, 2.05) is 37.3 Å². The fraction of sp³-hybridized carbons (Fsp3) is 0.400. The van der Waals surface area contributed by atoms with Crippen LogP contribution >= 0.6 is 0 Å². The van der Waals surface area contributed by atoms with Gasteiger partial charge in [0.2, 0.25) is 5.91 Å². The average Bonchev–Trinajstić information content (AvgIpc) is 3.16. The SMILES string of the molecule is CC(CO)c1ccc(CC(=O)NC2CCN(c3ccc(C#N)nn3)C2)cc1. The third kappa shape index (κ3) is 4.80. The molecule has 1 fully saturated rings. The van der Waals surface area contributed by atoms with Crippen LogP contribution in [0.15, 0.2) is 36.4 Å². The molecule has 7 nitrogen and oxygen atoms in total. The summed E-state index contributed by atoms with van der Waals surface area (Å²) in [5.41, 5.74) is 2.31. The number of carbonyl (C=O) groups excluding carboxylic acids is 1. The van der Waals surface area contributed by atoms with Gasteiger partial charge < -0.3 is 15.3 Å². The van der Waals surface area contributed by atoms with Crippen molar-refractivity contribution in [3.63, 3.8) is 0 Å². The van der Waals surface area contributed by atoms with Crippen molar-refractivity contribution in [1.82, 2.24) is 15.5 Å². The topological polar surface area (TPSA) is 102 Å². The summed E-state index contributed by atoms with van der Waals surface area (Å²) in [5, 5.41) is 29.0. The minimum Gasteiger partial charge on any atom is -0.396 e. The Hall–Kier alpha value is -2.98. The highest BCUT2D eigenvalue weighted by Crippen LogP contribution is 2.18. The molecule has 2 aromatic rings. The van der Waals surface area contributed by atoms with E-state index in [4.69, 9.17) is 5.26 Å². The van der Waals surface area contributed by atoms with Gasteiger partial charge >= 0.3 is 0 Å². The first kappa shape index (κ1) is 18.8. The zero-order valence-electron chi connectivity index (χ0n) is 15.3. The van der Waals surface area contributed by atoms with Gasteiger partial charge in [0.1, 0.15) is 6.07 Å². The van der Waals surface area contributed by atoms with E-state index in [0.29, 0.717) is 18.7 Å². The van der Waals surface area contributed by atoms with E-state index in [0.717, 1.165) is 29.9 Å². The Morgan fingerprint density at radius 2 is 2.11 bits per heavy atom. The summed E-state index contributed by atoms with van der Waals surface area (Å²) < 4.78 is 0. The van der Waals surface area contributed by atoms with Gasteiger partial charge in [-0.1, -0.05) is 31.2 Å². The molecule has 1 saturated heterocycles. The number of aromatic nitrogens is 2. The molecule has 0 saturated carbocycles. The van der Waals surface area contributed by atoms with Crippen LogP contribution in [0, 0.1) is 11.3 Å². The zero-order valence-corrected chi connectivity index (χ0v) is 15.3. The summed E-state index contributed by atoms with van der Waals surface area (Å²) in [6.45, 7) is 3.55. The van der Waals surface area contributed by atoms with Gasteiger partial charge in [-0.15, -0.1) is 10.2 Å². The molecular formula is C20H23N5O2. The fourth-order valence-electron chi connectivity index (χ4n) is 3.17. The van der Waals surface area contributed by atoms with Gasteiger partial charge in [0.15, 0.2) is 11.5 Å². The summed E-state index contributed by atoms with van der Waals surface area (Å²) in [7, 11) is 0. The number of hydrogen-bond donors (Lipinski definition) is 2. The molecule has 1 aliphatic rings. The molecule has 0 spiro atoms. The molecule has 3 rings (SSSR count). The van der Waals surface area contributed by atoms with E-state index in [1.54, 1.807) is 12.1 Å². The molecule has 0 radical (unpaired) electrons. The Bertz CT molecular complexity index is 814. The van der Waals surface area contributed by atoms with E-state index in [2.05, 4.69) is 20.4 Å². The third-order valence-corrected chi connectivity index (χ3v) is 4.83. The minimum atomic E-state index is -0.00396. The smallest absolute Gasteiger partial charge is 0.224 e. The number of nitrogens with zero attached hydrogens (tertiary/aromatic N) is 4. The maximum atomic E-state index is 12.3. The largest absolute Gasteiger partial charge is 0.396 e. The summed E-state index contributed by atoms with van der Waals surface area (Å²) in [6, 6.07) is 13.3. The molecule has 7 heteroatoms. The average molecular weight is 365 g/mol. The molecule has 2 heterocycles. The van der Waals surface area contributed by atoms with Crippen molar-refractivity contribution in [2.24, 2.45) is 0 Å². The number of amides is 1. The van der Waals surface area contributed by atoms with E-state index >= 15 is 0 Å². The van der Waals surface area contributed by atoms with Crippen molar-refractivity contribution in [3.05, 3.63) is 53.2 Å². The van der Waals surface area contributed by atoms with Crippen LogP contribution in [0.1, 0.15) is 36.1 Å². The standard InChI is InChI=1S/C20H23N5O2/c1-14(13-26)16-4-2-15(3-5-16)10-20(27)22-18-8-9-25(12-18)19-7-6-17(11-21)23-24-19/h2-7,14,18,26H,8-10,12-13H2,1H3,(H,22,27). The number of benzene rings is 1. The second kappa shape index (κ2) is 8.60. The summed E-state index contributed by atoms with van der Waals surface area (Å²) in [5.74, 6) is 0.817. The van der Waals surface area contributed by atoms with Gasteiger partial charge in [0.25, 0.3) is 0 Å². The summed E-state index contributed by atoms with van der Waals surface area (Å²) in [4.78, 5) is 14.4. The molecule has 1 aromatic heterocycles. The molecule has 2 N–H and O–H groups in total. The number of rotatable bonds is 6. The number of nitriles is 1. The van der Waals surface area contributed by atoms with Gasteiger partial charge in [-0.3, -0.25) is 4.79 Å². The predicted molar refractivity (Wildman–Crippen MR) is 101 cm³/mol. The van der Waals surface area contributed by atoms with Crippen LogP contribution in [0.25, 0.3) is 0 Å². The van der Waals surface area contributed by atoms with Gasteiger partial charge in [-0.05, 0) is 29.7 Å². The van der Waals surface area contributed by atoms with Crippen molar-refractivity contribution >= 4 is 11.7 Å². The summed E-state index contributed by atoms with van der Waals surface area (Å²) in [6.07, 6.45) is 1.18. The van der Waals surface area contributed by atoms with Gasteiger partial charge in [-0.25, -0.2) is 0 Å². The van der Waals surface area contributed by atoms with Crippen molar-refractivity contribution in [3.8, 4) is 6.07 Å². The Kier molecular flexibility index (Phi) is 5.99. The molecule has 1 aliphatic heterocycles. The third-order valence-electron chi connectivity index (χ3n) is 4.83. The highest BCUT2D eigenvalue weighted by molar-refractivity contribution is 5.79. The molecule has 1 aromatic carbocycles. The normalized spacial score (nSPS) is 17.4. The molecule has 1 amide bonds. The quantitative estimate of drug-likeness (QED) is 0.802. The van der Waals surface area contributed by atoms with Crippen LogP contribution in [0.5, 0.6) is 0 Å². The van der Waals surface area contributed by atoms with Crippen LogP contribution in [-0.4, -0.2) is 46.9 Å². The Morgan fingerprint density at radius 3 is 2.74 bits per heavy atom. The predicted octanol–water partition coefficient (Wildman–Crippen LogP) is 1.38. The Balaban J connectivity index is 1.50. The molecule has 0 bridgehead atoms. The van der Waals surface area contributed by atoms with E-state index in [-0.39, 0.29) is 24.5 Å². The minimum absolute atomic E-state index is 0.00396. The van der Waals surface area contributed by atoms with Gasteiger partial charge in [0, 0.05) is 31.7 Å². The van der Waals surface area contributed by atoms with E-state index in [9.17, 15) is 9.90 Å². The molecular weight excluding hydrogens is 342 g/mol. The number of carbonyl (C=O) groups is 1. The van der Waals surface area contributed by atoms with Crippen molar-refractivity contribution in [1.29, 1.82) is 5.26 Å². The molecule has 2 unspecified atom stereocenters. The highest BCUT2D eigenvalue weighted by Gasteiger charge is 2.25.